The maximum absolute atomic E-state index is 12.7. The van der Waals surface area contributed by atoms with Crippen LogP contribution in [0.5, 0.6) is 0 Å². The summed E-state index contributed by atoms with van der Waals surface area (Å²) in [7, 11) is -5.06. The topological polar surface area (TPSA) is 178 Å². The van der Waals surface area contributed by atoms with Gasteiger partial charge in [0, 0.05) is 13.0 Å². The minimum absolute atomic E-state index is 0.0284. The highest BCUT2D eigenvalue weighted by atomic mass is 32.3. The van der Waals surface area contributed by atoms with Crippen LogP contribution < -0.4 is 0 Å². The molecule has 1 rings (SSSR count). The molecule has 0 radical (unpaired) electrons. The number of hydrogen-bond acceptors (Lipinski definition) is 11. The molecule has 4 N–H and O–H groups in total. The van der Waals surface area contributed by atoms with Gasteiger partial charge in [0.2, 0.25) is 0 Å². The van der Waals surface area contributed by atoms with Crippen LogP contribution >= 0.6 is 0 Å². The van der Waals surface area contributed by atoms with Crippen molar-refractivity contribution >= 4 is 16.4 Å². The van der Waals surface area contributed by atoms with Gasteiger partial charge < -0.3 is 34.3 Å². The Labute approximate surface area is 338 Å². The molecule has 1 aliphatic heterocycles. The zero-order chi connectivity index (χ0) is 41.1. The van der Waals surface area contributed by atoms with Crippen molar-refractivity contribution in [2.45, 2.75) is 192 Å². The zero-order valence-electron chi connectivity index (χ0n) is 34.4. The molecule has 13 heteroatoms. The number of carbonyl (C=O) groups is 1. The van der Waals surface area contributed by atoms with Crippen molar-refractivity contribution in [3.05, 3.63) is 48.6 Å². The summed E-state index contributed by atoms with van der Waals surface area (Å²) in [6.07, 6.45) is 31.6. The van der Waals surface area contributed by atoms with E-state index in [0.29, 0.717) is 13.0 Å². The fourth-order valence-corrected chi connectivity index (χ4v) is 6.76. The maximum Gasteiger partial charge on any atom is 0.397 e. The Kier molecular flexibility index (Phi) is 32.6. The van der Waals surface area contributed by atoms with Gasteiger partial charge in [0.15, 0.2) is 6.29 Å². The number of unbranched alkanes of at least 4 members (excludes halogenated alkanes) is 15. The number of carbonyl (C=O) groups excluding carboxylic acids is 1. The van der Waals surface area contributed by atoms with Crippen LogP contribution in [0.2, 0.25) is 0 Å². The van der Waals surface area contributed by atoms with Crippen molar-refractivity contribution < 1.29 is 56.2 Å². The number of rotatable bonds is 36. The van der Waals surface area contributed by atoms with E-state index in [1.165, 1.54) is 51.4 Å². The van der Waals surface area contributed by atoms with Gasteiger partial charge in [-0.1, -0.05) is 146 Å². The minimum Gasteiger partial charge on any atom is -0.457 e. The zero-order valence-corrected chi connectivity index (χ0v) is 35.2. The third-order valence-electron chi connectivity index (χ3n) is 9.47. The lowest BCUT2D eigenvalue weighted by Gasteiger charge is -2.41. The smallest absolute Gasteiger partial charge is 0.397 e. The Morgan fingerprint density at radius 3 is 1.80 bits per heavy atom. The third-order valence-corrected chi connectivity index (χ3v) is 9.93. The van der Waals surface area contributed by atoms with Gasteiger partial charge in [0.05, 0.1) is 19.8 Å². The molecule has 326 valence electrons. The molecule has 6 unspecified atom stereocenters. The highest BCUT2D eigenvalue weighted by Gasteiger charge is 2.48. The molecule has 0 spiro atoms. The largest absolute Gasteiger partial charge is 0.457 e. The van der Waals surface area contributed by atoms with E-state index in [4.69, 9.17) is 23.5 Å². The normalized spacial score (nSPS) is 21.3. The summed E-state index contributed by atoms with van der Waals surface area (Å²) >= 11 is 0. The molecule has 0 aromatic heterocycles. The van der Waals surface area contributed by atoms with Crippen LogP contribution in [0.1, 0.15) is 155 Å². The van der Waals surface area contributed by atoms with Gasteiger partial charge in [-0.15, -0.1) is 0 Å². The van der Waals surface area contributed by atoms with E-state index in [1.54, 1.807) is 0 Å². The van der Waals surface area contributed by atoms with E-state index in [1.807, 2.05) is 0 Å². The van der Waals surface area contributed by atoms with Crippen LogP contribution in [-0.2, 0) is 38.3 Å². The average Bonchev–Trinajstić information content (AvgIpc) is 3.17. The van der Waals surface area contributed by atoms with E-state index >= 15 is 0 Å². The molecule has 0 bridgehead atoms. The Balaban J connectivity index is 2.41. The summed E-state index contributed by atoms with van der Waals surface area (Å²) in [5.41, 5.74) is 0. The minimum atomic E-state index is -5.06. The third kappa shape index (κ3) is 28.5. The van der Waals surface area contributed by atoms with Gasteiger partial charge in [0.25, 0.3) is 0 Å². The molecule has 1 heterocycles. The van der Waals surface area contributed by atoms with Crippen LogP contribution in [0.15, 0.2) is 48.6 Å². The van der Waals surface area contributed by atoms with Gasteiger partial charge in [-0.25, -0.2) is 4.18 Å². The van der Waals surface area contributed by atoms with Crippen molar-refractivity contribution in [2.24, 2.45) is 0 Å². The van der Waals surface area contributed by atoms with Crippen molar-refractivity contribution in [1.29, 1.82) is 0 Å². The number of hydrogen-bond donors (Lipinski definition) is 4. The fraction of sp³-hybridized carbons (Fsp3) is 0.791. The monoisotopic (exact) mass is 817 g/mol. The summed E-state index contributed by atoms with van der Waals surface area (Å²) < 4.78 is 58.9. The van der Waals surface area contributed by atoms with Gasteiger partial charge >= 0.3 is 16.4 Å². The number of allylic oxidation sites excluding steroid dienone is 8. The molecule has 1 fully saturated rings. The first kappa shape index (κ1) is 52.1. The molecule has 0 aromatic carbocycles. The van der Waals surface area contributed by atoms with Crippen LogP contribution in [0.25, 0.3) is 0 Å². The Morgan fingerprint density at radius 1 is 0.696 bits per heavy atom. The quantitative estimate of drug-likeness (QED) is 0.0206. The fourth-order valence-electron chi connectivity index (χ4n) is 6.25. The molecule has 0 amide bonds. The molecule has 0 aromatic rings. The second-order valence-corrected chi connectivity index (χ2v) is 15.6. The summed E-state index contributed by atoms with van der Waals surface area (Å²) in [6.45, 7) is 3.81. The average molecular weight is 817 g/mol. The molecule has 1 saturated heterocycles. The van der Waals surface area contributed by atoms with Crippen LogP contribution in [0.4, 0.5) is 0 Å². The Bertz CT molecular complexity index is 1170. The first-order valence-corrected chi connectivity index (χ1v) is 22.8. The molecular formula is C43H76O12S. The van der Waals surface area contributed by atoms with Crippen molar-refractivity contribution in [1.82, 2.24) is 0 Å². The number of aliphatic hydroxyl groups excluding tert-OH is 3. The van der Waals surface area contributed by atoms with E-state index in [-0.39, 0.29) is 19.6 Å². The first-order chi connectivity index (χ1) is 27.1. The Hall–Kier alpha value is -1.94. The summed E-state index contributed by atoms with van der Waals surface area (Å²) in [5, 5.41) is 30.6. The number of ether oxygens (including phenoxy) is 4. The standard InChI is InChI=1S/C43H76O12S/c1-3-5-7-9-11-13-14-15-16-17-18-19-20-21-22-23-25-27-29-31-33-51-35-37(53-39(45)32-30-28-26-24-12-10-8-6-4-2)36-52-43-41(47)42(55-56(48,49)50)40(46)38(34-44)54-43/h5,7,11,13,15-16,18-19,37-38,40-44,46-47H,3-4,6,8-10,12,14,17,20-36H2,1-2H3,(H,48,49,50)/b7-5-,13-11-,16-15-,19-18-. The van der Waals surface area contributed by atoms with Crippen molar-refractivity contribution in [3.63, 3.8) is 0 Å². The second-order valence-electron chi connectivity index (χ2n) is 14.6. The predicted molar refractivity (Wildman–Crippen MR) is 220 cm³/mol. The summed E-state index contributed by atoms with van der Waals surface area (Å²) in [5.74, 6) is -0.409. The predicted octanol–water partition coefficient (Wildman–Crippen LogP) is 8.41. The Morgan fingerprint density at radius 2 is 1.23 bits per heavy atom. The van der Waals surface area contributed by atoms with E-state index in [9.17, 15) is 28.5 Å². The molecular weight excluding hydrogens is 741 g/mol. The first-order valence-electron chi connectivity index (χ1n) is 21.4. The summed E-state index contributed by atoms with van der Waals surface area (Å²) in [6, 6.07) is 0. The van der Waals surface area contributed by atoms with Crippen LogP contribution in [-0.4, -0.2) is 97.5 Å². The highest BCUT2D eigenvalue weighted by molar-refractivity contribution is 7.80. The van der Waals surface area contributed by atoms with Crippen LogP contribution in [0, 0.1) is 0 Å². The molecule has 56 heavy (non-hydrogen) atoms. The molecule has 0 saturated carbocycles. The molecule has 0 aliphatic carbocycles. The van der Waals surface area contributed by atoms with Gasteiger partial charge in [-0.2, -0.15) is 8.42 Å². The van der Waals surface area contributed by atoms with E-state index in [2.05, 4.69) is 66.6 Å². The van der Waals surface area contributed by atoms with Crippen molar-refractivity contribution in [2.75, 3.05) is 26.4 Å². The number of aliphatic hydroxyl groups is 3. The van der Waals surface area contributed by atoms with Gasteiger partial charge in [0.1, 0.15) is 30.5 Å². The second kappa shape index (κ2) is 35.0. The SMILES string of the molecule is CC/C=C\C/C=C\C/C=C\C/C=C\CCCCCCCCCOCC(COC1OC(CO)C(O)C(OS(=O)(=O)O)C1O)OC(=O)CCCCCCCCCCC. The highest BCUT2D eigenvalue weighted by Crippen LogP contribution is 2.26. The van der Waals surface area contributed by atoms with Crippen LogP contribution in [0.3, 0.4) is 0 Å². The van der Waals surface area contributed by atoms with E-state index in [0.717, 1.165) is 77.0 Å². The molecule has 6 atom stereocenters. The maximum atomic E-state index is 12.7. The molecule has 12 nitrogen and oxygen atoms in total. The molecule has 1 aliphatic rings. The number of esters is 1. The lowest BCUT2D eigenvalue weighted by Crippen LogP contribution is -2.60. The van der Waals surface area contributed by atoms with Gasteiger partial charge in [-0.3, -0.25) is 9.35 Å². The van der Waals surface area contributed by atoms with Gasteiger partial charge in [-0.05, 0) is 51.4 Å². The van der Waals surface area contributed by atoms with Crippen molar-refractivity contribution in [3.8, 4) is 0 Å². The lowest BCUT2D eigenvalue weighted by atomic mass is 9.99. The van der Waals surface area contributed by atoms with E-state index < -0.39 is 59.8 Å². The summed E-state index contributed by atoms with van der Waals surface area (Å²) in [4.78, 5) is 12.7. The lowest BCUT2D eigenvalue weighted by molar-refractivity contribution is -0.301.